The third kappa shape index (κ3) is 2.86. The van der Waals surface area contributed by atoms with Crippen molar-refractivity contribution >= 4 is 17.6 Å². The van der Waals surface area contributed by atoms with Crippen LogP contribution in [0, 0.1) is 0 Å². The minimum absolute atomic E-state index is 0.0158. The molecule has 0 aromatic heterocycles. The van der Waals surface area contributed by atoms with E-state index in [9.17, 15) is 9.59 Å². The highest BCUT2D eigenvalue weighted by Gasteiger charge is 2.28. The van der Waals surface area contributed by atoms with Crippen molar-refractivity contribution in [2.24, 2.45) is 0 Å². The number of aromatic carboxylic acids is 1. The summed E-state index contributed by atoms with van der Waals surface area (Å²) < 4.78 is 0. The largest absolute Gasteiger partial charge is 0.478 e. The average Bonchev–Trinajstić information content (AvgIpc) is 2.46. The predicted molar refractivity (Wildman–Crippen MR) is 72.5 cm³/mol. The molecule has 1 unspecified atom stereocenters. The van der Waals surface area contributed by atoms with Crippen molar-refractivity contribution in [3.8, 4) is 0 Å². The van der Waals surface area contributed by atoms with Crippen molar-refractivity contribution in [1.29, 1.82) is 0 Å². The van der Waals surface area contributed by atoms with Crippen LogP contribution in [0.1, 0.15) is 29.6 Å². The smallest absolute Gasteiger partial charge is 0.335 e. The van der Waals surface area contributed by atoms with Crippen LogP contribution in [0.2, 0.25) is 0 Å². The number of likely N-dealkylation sites (N-methyl/N-ethyl adjacent to an activating group) is 1. The quantitative estimate of drug-likeness (QED) is 0.866. The van der Waals surface area contributed by atoms with E-state index in [1.807, 2.05) is 4.90 Å². The number of hydrogen-bond donors (Lipinski definition) is 2. The Morgan fingerprint density at radius 1 is 1.26 bits per heavy atom. The summed E-state index contributed by atoms with van der Waals surface area (Å²) in [5, 5.41) is 11.6. The van der Waals surface area contributed by atoms with E-state index in [0.29, 0.717) is 0 Å². The highest BCUT2D eigenvalue weighted by Crippen LogP contribution is 2.25. The summed E-state index contributed by atoms with van der Waals surface area (Å²) in [5.74, 6) is -0.921. The number of rotatable bonds is 3. The molecule has 1 heterocycles. The van der Waals surface area contributed by atoms with Crippen LogP contribution in [0.25, 0.3) is 0 Å². The molecule has 5 heteroatoms. The van der Waals surface area contributed by atoms with E-state index in [1.54, 1.807) is 31.3 Å². The van der Waals surface area contributed by atoms with Gasteiger partial charge in [-0.3, -0.25) is 4.79 Å². The van der Waals surface area contributed by atoms with E-state index in [0.717, 1.165) is 31.5 Å². The van der Waals surface area contributed by atoms with Crippen molar-refractivity contribution < 1.29 is 14.7 Å². The number of nitrogens with zero attached hydrogens (tertiary/aromatic N) is 1. The minimum atomic E-state index is -0.937. The van der Waals surface area contributed by atoms with Crippen LogP contribution in [0.15, 0.2) is 24.3 Å². The van der Waals surface area contributed by atoms with Crippen LogP contribution in [0.3, 0.4) is 0 Å². The molecular formula is C14H18N2O3. The van der Waals surface area contributed by atoms with Gasteiger partial charge in [-0.2, -0.15) is 0 Å². The Hall–Kier alpha value is -2.04. The van der Waals surface area contributed by atoms with Gasteiger partial charge >= 0.3 is 5.97 Å². The van der Waals surface area contributed by atoms with Crippen LogP contribution < -0.4 is 10.2 Å². The molecule has 0 spiro atoms. The SMILES string of the molecule is CNC(=O)C1CCCCN1c1ccc(C(=O)O)cc1. The van der Waals surface area contributed by atoms with Gasteiger partial charge in [-0.1, -0.05) is 0 Å². The van der Waals surface area contributed by atoms with Gasteiger partial charge in [0.15, 0.2) is 0 Å². The van der Waals surface area contributed by atoms with E-state index in [1.165, 1.54) is 0 Å². The summed E-state index contributed by atoms with van der Waals surface area (Å²) in [5.41, 5.74) is 1.16. The Bertz CT molecular complexity index is 470. The number of carbonyl (C=O) groups excluding carboxylic acids is 1. The number of amides is 1. The van der Waals surface area contributed by atoms with Crippen molar-refractivity contribution in [3.63, 3.8) is 0 Å². The van der Waals surface area contributed by atoms with Crippen molar-refractivity contribution in [2.75, 3.05) is 18.5 Å². The average molecular weight is 262 g/mol. The monoisotopic (exact) mass is 262 g/mol. The van der Waals surface area contributed by atoms with Gasteiger partial charge in [0.1, 0.15) is 6.04 Å². The molecule has 2 rings (SSSR count). The molecule has 0 radical (unpaired) electrons. The lowest BCUT2D eigenvalue weighted by atomic mass is 10.00. The van der Waals surface area contributed by atoms with E-state index in [-0.39, 0.29) is 17.5 Å². The van der Waals surface area contributed by atoms with Gasteiger partial charge in [-0.05, 0) is 43.5 Å². The molecule has 1 amide bonds. The molecule has 19 heavy (non-hydrogen) atoms. The molecule has 1 aromatic rings. The van der Waals surface area contributed by atoms with Crippen molar-refractivity contribution in [1.82, 2.24) is 5.32 Å². The molecular weight excluding hydrogens is 244 g/mol. The molecule has 1 atom stereocenters. The molecule has 0 aliphatic carbocycles. The lowest BCUT2D eigenvalue weighted by Crippen LogP contribution is -2.48. The number of piperidine rings is 1. The van der Waals surface area contributed by atoms with Crippen LogP contribution >= 0.6 is 0 Å². The Balaban J connectivity index is 2.22. The predicted octanol–water partition coefficient (Wildman–Crippen LogP) is 1.49. The summed E-state index contributed by atoms with van der Waals surface area (Å²) >= 11 is 0. The van der Waals surface area contributed by atoms with E-state index in [4.69, 9.17) is 5.11 Å². The van der Waals surface area contributed by atoms with Crippen molar-refractivity contribution in [3.05, 3.63) is 29.8 Å². The zero-order valence-electron chi connectivity index (χ0n) is 10.9. The number of nitrogens with one attached hydrogen (secondary N) is 1. The van der Waals surface area contributed by atoms with Crippen LogP contribution in [0.4, 0.5) is 5.69 Å². The molecule has 1 fully saturated rings. The lowest BCUT2D eigenvalue weighted by molar-refractivity contribution is -0.122. The number of benzene rings is 1. The summed E-state index contributed by atoms with van der Waals surface area (Å²) in [6.45, 7) is 0.824. The van der Waals surface area contributed by atoms with Gasteiger partial charge in [0.2, 0.25) is 5.91 Å². The fourth-order valence-electron chi connectivity index (χ4n) is 2.48. The van der Waals surface area contributed by atoms with Crippen molar-refractivity contribution in [2.45, 2.75) is 25.3 Å². The number of carbonyl (C=O) groups is 2. The maximum Gasteiger partial charge on any atom is 0.335 e. The van der Waals surface area contributed by atoms with E-state index < -0.39 is 5.97 Å². The second-order valence-electron chi connectivity index (χ2n) is 4.67. The summed E-state index contributed by atoms with van der Waals surface area (Å²) in [6, 6.07) is 6.53. The minimum Gasteiger partial charge on any atom is -0.478 e. The molecule has 1 aliphatic rings. The normalized spacial score (nSPS) is 19.0. The summed E-state index contributed by atoms with van der Waals surface area (Å²) in [7, 11) is 1.64. The number of anilines is 1. The highest BCUT2D eigenvalue weighted by atomic mass is 16.4. The third-order valence-electron chi connectivity index (χ3n) is 3.50. The molecule has 1 aliphatic heterocycles. The Kier molecular flexibility index (Phi) is 4.04. The lowest BCUT2D eigenvalue weighted by Gasteiger charge is -2.36. The van der Waals surface area contributed by atoms with Gasteiger partial charge in [-0.15, -0.1) is 0 Å². The fraction of sp³-hybridized carbons (Fsp3) is 0.429. The number of carboxylic acid groups (broad SMARTS) is 1. The second-order valence-corrected chi connectivity index (χ2v) is 4.67. The van der Waals surface area contributed by atoms with Crippen LogP contribution in [-0.4, -0.2) is 36.6 Å². The van der Waals surface area contributed by atoms with Crippen LogP contribution in [-0.2, 0) is 4.79 Å². The standard InChI is InChI=1S/C14H18N2O3/c1-15-13(17)12-4-2-3-9-16(12)11-7-5-10(6-8-11)14(18)19/h5-8,12H,2-4,9H2,1H3,(H,15,17)(H,18,19). The zero-order chi connectivity index (χ0) is 13.8. The molecule has 5 nitrogen and oxygen atoms in total. The van der Waals surface area contributed by atoms with Gasteiger partial charge in [0.25, 0.3) is 0 Å². The number of hydrogen-bond acceptors (Lipinski definition) is 3. The Morgan fingerprint density at radius 3 is 2.53 bits per heavy atom. The molecule has 2 N–H and O–H groups in total. The Morgan fingerprint density at radius 2 is 1.95 bits per heavy atom. The number of carboxylic acids is 1. The Labute approximate surface area is 112 Å². The molecule has 1 aromatic carbocycles. The fourth-order valence-corrected chi connectivity index (χ4v) is 2.48. The topological polar surface area (TPSA) is 69.6 Å². The third-order valence-corrected chi connectivity index (χ3v) is 3.50. The van der Waals surface area contributed by atoms with E-state index in [2.05, 4.69) is 5.32 Å². The first-order valence-corrected chi connectivity index (χ1v) is 6.45. The van der Waals surface area contributed by atoms with E-state index >= 15 is 0 Å². The maximum atomic E-state index is 11.9. The first-order valence-electron chi connectivity index (χ1n) is 6.45. The second kappa shape index (κ2) is 5.73. The van der Waals surface area contributed by atoms with Gasteiger partial charge < -0.3 is 15.3 Å². The first kappa shape index (κ1) is 13.4. The van der Waals surface area contributed by atoms with Gasteiger partial charge in [-0.25, -0.2) is 4.79 Å². The van der Waals surface area contributed by atoms with Crippen LogP contribution in [0.5, 0.6) is 0 Å². The molecule has 1 saturated heterocycles. The molecule has 102 valence electrons. The molecule has 0 bridgehead atoms. The molecule has 0 saturated carbocycles. The van der Waals surface area contributed by atoms with Gasteiger partial charge in [0.05, 0.1) is 5.56 Å². The van der Waals surface area contributed by atoms with Gasteiger partial charge in [0, 0.05) is 19.3 Å². The summed E-state index contributed by atoms with van der Waals surface area (Å²) in [6.07, 6.45) is 2.93. The maximum absolute atomic E-state index is 11.9. The first-order chi connectivity index (χ1) is 9.13. The zero-order valence-corrected chi connectivity index (χ0v) is 10.9. The highest BCUT2D eigenvalue weighted by molar-refractivity contribution is 5.88. The summed E-state index contributed by atoms with van der Waals surface area (Å²) in [4.78, 5) is 24.8.